The molecule has 0 saturated carbocycles. The summed E-state index contributed by atoms with van der Waals surface area (Å²) in [5, 5.41) is 6.31. The van der Waals surface area contributed by atoms with E-state index in [1.807, 2.05) is 0 Å². The fourth-order valence-corrected chi connectivity index (χ4v) is 2.79. The predicted molar refractivity (Wildman–Crippen MR) is 105 cm³/mol. The molecule has 0 aromatic heterocycles. The van der Waals surface area contributed by atoms with E-state index in [2.05, 4.69) is 15.8 Å². The van der Waals surface area contributed by atoms with Gasteiger partial charge in [-0.15, -0.1) is 0 Å². The molecule has 3 rings (SSSR count). The van der Waals surface area contributed by atoms with Gasteiger partial charge in [-0.1, -0.05) is 24.3 Å². The highest BCUT2D eigenvalue weighted by atomic mass is 19.1. The number of hydrazone groups is 1. The monoisotopic (exact) mass is 399 g/mol. The van der Waals surface area contributed by atoms with E-state index in [1.165, 1.54) is 18.3 Å². The van der Waals surface area contributed by atoms with Gasteiger partial charge in [-0.3, -0.25) is 9.59 Å². The largest absolute Gasteiger partial charge is 0.489 e. The summed E-state index contributed by atoms with van der Waals surface area (Å²) < 4.78 is 24.2. The number of nitrogens with zero attached hydrogens (tertiary/aromatic N) is 1. The van der Waals surface area contributed by atoms with Gasteiger partial charge in [-0.05, 0) is 48.2 Å². The maximum Gasteiger partial charge on any atom is 0.329 e. The number of amides is 2. The molecule has 7 nitrogen and oxygen atoms in total. The van der Waals surface area contributed by atoms with Crippen LogP contribution in [0.15, 0.2) is 53.6 Å². The molecular weight excluding hydrogens is 377 g/mol. The maximum absolute atomic E-state index is 13.2. The Balaban J connectivity index is 1.45. The molecule has 2 N–H and O–H groups in total. The van der Waals surface area contributed by atoms with Crippen LogP contribution in [0.25, 0.3) is 0 Å². The zero-order valence-corrected chi connectivity index (χ0v) is 15.8. The molecule has 1 aliphatic heterocycles. The molecule has 0 spiro atoms. The van der Waals surface area contributed by atoms with E-state index < -0.39 is 11.8 Å². The molecule has 1 atom stereocenters. The van der Waals surface area contributed by atoms with Crippen LogP contribution >= 0.6 is 0 Å². The van der Waals surface area contributed by atoms with Crippen molar-refractivity contribution in [1.82, 2.24) is 10.7 Å². The molecule has 8 heteroatoms. The summed E-state index contributed by atoms with van der Waals surface area (Å²) in [7, 11) is 0. The average molecular weight is 399 g/mol. The van der Waals surface area contributed by atoms with Crippen LogP contribution in [-0.4, -0.2) is 37.3 Å². The second kappa shape index (κ2) is 10.3. The highest BCUT2D eigenvalue weighted by Crippen LogP contribution is 2.15. The number of nitrogens with one attached hydrogen (secondary N) is 2. The Bertz CT molecular complexity index is 882. The van der Waals surface area contributed by atoms with E-state index in [-0.39, 0.29) is 18.5 Å². The number of rotatable bonds is 7. The summed E-state index contributed by atoms with van der Waals surface area (Å²) in [5.41, 5.74) is 3.57. The van der Waals surface area contributed by atoms with Gasteiger partial charge in [0.25, 0.3) is 0 Å². The predicted octanol–water partition coefficient (Wildman–Crippen LogP) is 2.15. The number of benzene rings is 2. The maximum atomic E-state index is 13.2. The molecule has 0 bridgehead atoms. The molecule has 0 unspecified atom stereocenters. The zero-order chi connectivity index (χ0) is 20.5. The Labute approximate surface area is 167 Å². The number of ether oxygens (including phenoxy) is 2. The van der Waals surface area contributed by atoms with Crippen molar-refractivity contribution in [3.05, 3.63) is 65.5 Å². The van der Waals surface area contributed by atoms with E-state index in [0.29, 0.717) is 30.0 Å². The third-order valence-electron chi connectivity index (χ3n) is 4.25. The first kappa shape index (κ1) is 20.5. The molecule has 152 valence electrons. The summed E-state index contributed by atoms with van der Waals surface area (Å²) >= 11 is 0. The Kier molecular flexibility index (Phi) is 7.29. The van der Waals surface area contributed by atoms with Gasteiger partial charge in [0.15, 0.2) is 0 Å². The van der Waals surface area contributed by atoms with Crippen LogP contribution in [0, 0.1) is 5.82 Å². The zero-order valence-electron chi connectivity index (χ0n) is 15.8. The lowest BCUT2D eigenvalue weighted by molar-refractivity contribution is -0.139. The summed E-state index contributed by atoms with van der Waals surface area (Å²) in [5.74, 6) is -1.36. The van der Waals surface area contributed by atoms with E-state index >= 15 is 0 Å². The van der Waals surface area contributed by atoms with Gasteiger partial charge in [0.2, 0.25) is 0 Å². The van der Waals surface area contributed by atoms with Crippen molar-refractivity contribution in [3.63, 3.8) is 0 Å². The quantitative estimate of drug-likeness (QED) is 0.424. The Morgan fingerprint density at radius 3 is 2.86 bits per heavy atom. The first-order valence-corrected chi connectivity index (χ1v) is 9.30. The third-order valence-corrected chi connectivity index (χ3v) is 4.25. The van der Waals surface area contributed by atoms with Crippen molar-refractivity contribution in [3.8, 4) is 5.75 Å². The Morgan fingerprint density at radius 1 is 1.21 bits per heavy atom. The van der Waals surface area contributed by atoms with Crippen LogP contribution in [0.4, 0.5) is 4.39 Å². The van der Waals surface area contributed by atoms with Crippen molar-refractivity contribution in [2.24, 2.45) is 5.10 Å². The summed E-state index contributed by atoms with van der Waals surface area (Å²) in [4.78, 5) is 23.5. The Morgan fingerprint density at radius 2 is 2.07 bits per heavy atom. The summed E-state index contributed by atoms with van der Waals surface area (Å²) in [6.45, 7) is 1.21. The minimum atomic E-state index is -0.849. The second-order valence-corrected chi connectivity index (χ2v) is 6.54. The molecule has 2 aromatic carbocycles. The molecule has 2 amide bonds. The van der Waals surface area contributed by atoms with Gasteiger partial charge in [-0.25, -0.2) is 9.82 Å². The van der Waals surface area contributed by atoms with Gasteiger partial charge in [-0.2, -0.15) is 5.10 Å². The topological polar surface area (TPSA) is 89.0 Å². The number of hydrogen-bond acceptors (Lipinski definition) is 5. The van der Waals surface area contributed by atoms with Crippen molar-refractivity contribution in [2.75, 3.05) is 13.2 Å². The average Bonchev–Trinajstić information content (AvgIpc) is 3.24. The van der Waals surface area contributed by atoms with Crippen molar-refractivity contribution in [2.45, 2.75) is 25.6 Å². The molecule has 1 aliphatic rings. The van der Waals surface area contributed by atoms with E-state index in [0.717, 1.165) is 12.8 Å². The van der Waals surface area contributed by atoms with Crippen LogP contribution in [0.3, 0.4) is 0 Å². The molecule has 2 aromatic rings. The lowest BCUT2D eigenvalue weighted by atomic mass is 10.2. The fraction of sp³-hybridized carbons (Fsp3) is 0.286. The van der Waals surface area contributed by atoms with E-state index in [4.69, 9.17) is 9.47 Å². The molecule has 1 fully saturated rings. The highest BCUT2D eigenvalue weighted by Gasteiger charge is 2.18. The fourth-order valence-electron chi connectivity index (χ4n) is 2.79. The number of hydrogen-bond donors (Lipinski definition) is 2. The normalized spacial score (nSPS) is 16.0. The summed E-state index contributed by atoms with van der Waals surface area (Å²) in [6.07, 6.45) is 3.20. The molecular formula is C21H22FN3O4. The van der Waals surface area contributed by atoms with Gasteiger partial charge in [0.1, 0.15) is 18.2 Å². The van der Waals surface area contributed by atoms with E-state index in [1.54, 1.807) is 36.4 Å². The lowest BCUT2D eigenvalue weighted by Gasteiger charge is -2.09. The molecule has 29 heavy (non-hydrogen) atoms. The minimum Gasteiger partial charge on any atom is -0.489 e. The van der Waals surface area contributed by atoms with E-state index in [9.17, 15) is 14.0 Å². The molecule has 0 aliphatic carbocycles. The first-order chi connectivity index (χ1) is 14.1. The van der Waals surface area contributed by atoms with Crippen molar-refractivity contribution in [1.29, 1.82) is 0 Å². The Hall–Kier alpha value is -3.26. The van der Waals surface area contributed by atoms with Crippen molar-refractivity contribution < 1.29 is 23.5 Å². The van der Waals surface area contributed by atoms with Gasteiger partial charge < -0.3 is 14.8 Å². The molecule has 1 heterocycles. The lowest BCUT2D eigenvalue weighted by Crippen LogP contribution is -2.41. The number of carbonyl (C=O) groups excluding carboxylic acids is 2. The summed E-state index contributed by atoms with van der Waals surface area (Å²) in [6, 6.07) is 13.2. The van der Waals surface area contributed by atoms with Crippen molar-refractivity contribution >= 4 is 18.0 Å². The first-order valence-electron chi connectivity index (χ1n) is 9.30. The van der Waals surface area contributed by atoms with Crippen LogP contribution in [0.5, 0.6) is 5.75 Å². The third kappa shape index (κ3) is 6.69. The van der Waals surface area contributed by atoms with Gasteiger partial charge >= 0.3 is 11.8 Å². The number of halogens is 1. The standard InChI is InChI=1S/C21H22FN3O4/c22-17-6-1-5-16(10-17)14-29-18-7-2-4-15(11-18)12-24-25-21(27)20(26)23-13-19-8-3-9-28-19/h1-2,4-7,10-12,19H,3,8-9,13-14H2,(H,23,26)(H,25,27)/b24-12-/t19-/m1/s1. The van der Waals surface area contributed by atoms with Crippen LogP contribution in [-0.2, 0) is 20.9 Å². The highest BCUT2D eigenvalue weighted by molar-refractivity contribution is 6.35. The second-order valence-electron chi connectivity index (χ2n) is 6.54. The number of carbonyl (C=O) groups is 2. The molecule has 0 radical (unpaired) electrons. The van der Waals surface area contributed by atoms with Crippen LogP contribution in [0.1, 0.15) is 24.0 Å². The van der Waals surface area contributed by atoms with Crippen LogP contribution in [0.2, 0.25) is 0 Å². The van der Waals surface area contributed by atoms with Gasteiger partial charge in [0, 0.05) is 13.2 Å². The van der Waals surface area contributed by atoms with Gasteiger partial charge in [0.05, 0.1) is 12.3 Å². The smallest absolute Gasteiger partial charge is 0.329 e. The molecule has 1 saturated heterocycles. The van der Waals surface area contributed by atoms with Crippen LogP contribution < -0.4 is 15.5 Å². The minimum absolute atomic E-state index is 0.0367. The SMILES string of the molecule is O=C(NC[C@H]1CCCO1)C(=O)N/N=C\c1cccc(OCc2cccc(F)c2)c1.